The van der Waals surface area contributed by atoms with E-state index >= 15 is 0 Å². The van der Waals surface area contributed by atoms with Crippen molar-refractivity contribution in [2.75, 3.05) is 6.61 Å². The van der Waals surface area contributed by atoms with Crippen LogP contribution in [0.15, 0.2) is 0 Å². The van der Waals surface area contributed by atoms with Gasteiger partial charge < -0.3 is 18.9 Å². The zero-order chi connectivity index (χ0) is 20.3. The van der Waals surface area contributed by atoms with Crippen molar-refractivity contribution in [2.24, 2.45) is 0 Å². The van der Waals surface area contributed by atoms with Crippen LogP contribution in [0.4, 0.5) is 0 Å². The standard InChI is InChI=1S/C21H38O6/c1-6-24-20(23)19-18(26-21(4,5)27-19)15-13-11-9-7-8-10-12-14-16(2)25-17(3)22/h16,18-19H,6-15H2,1-5H3/t16-,18+,19-/m1/s1. The van der Waals surface area contributed by atoms with E-state index in [0.717, 1.165) is 32.1 Å². The van der Waals surface area contributed by atoms with E-state index in [0.29, 0.717) is 6.61 Å². The van der Waals surface area contributed by atoms with Gasteiger partial charge in [0.1, 0.15) is 0 Å². The second-order valence-corrected chi connectivity index (χ2v) is 7.82. The fourth-order valence-corrected chi connectivity index (χ4v) is 3.47. The summed E-state index contributed by atoms with van der Waals surface area (Å²) in [5, 5.41) is 0. The van der Waals surface area contributed by atoms with Gasteiger partial charge in [-0.3, -0.25) is 4.79 Å². The van der Waals surface area contributed by atoms with E-state index in [2.05, 4.69) is 0 Å². The molecule has 1 rings (SSSR count). The van der Waals surface area contributed by atoms with Crippen LogP contribution < -0.4 is 0 Å². The zero-order valence-electron chi connectivity index (χ0n) is 17.8. The molecule has 6 nitrogen and oxygen atoms in total. The molecule has 0 unspecified atom stereocenters. The Morgan fingerprint density at radius 1 is 1.00 bits per heavy atom. The Morgan fingerprint density at radius 2 is 1.59 bits per heavy atom. The highest BCUT2D eigenvalue weighted by Crippen LogP contribution is 2.31. The van der Waals surface area contributed by atoms with Gasteiger partial charge in [-0.05, 0) is 47.0 Å². The number of hydrogen-bond donors (Lipinski definition) is 0. The molecule has 1 heterocycles. The Morgan fingerprint density at radius 3 is 2.19 bits per heavy atom. The van der Waals surface area contributed by atoms with Gasteiger partial charge in [0.05, 0.1) is 18.8 Å². The third-order valence-corrected chi connectivity index (χ3v) is 4.67. The molecule has 1 saturated heterocycles. The number of rotatable bonds is 13. The van der Waals surface area contributed by atoms with Crippen LogP contribution in [0.3, 0.4) is 0 Å². The van der Waals surface area contributed by atoms with Crippen LogP contribution in [0.25, 0.3) is 0 Å². The lowest BCUT2D eigenvalue weighted by molar-refractivity contribution is -0.170. The molecule has 0 saturated carbocycles. The van der Waals surface area contributed by atoms with Gasteiger partial charge in [-0.25, -0.2) is 4.79 Å². The minimum absolute atomic E-state index is 0.0210. The van der Waals surface area contributed by atoms with E-state index in [4.69, 9.17) is 18.9 Å². The molecule has 1 aliphatic heterocycles. The summed E-state index contributed by atoms with van der Waals surface area (Å²) in [6.45, 7) is 9.22. The summed E-state index contributed by atoms with van der Waals surface area (Å²) in [5.41, 5.74) is 0. The van der Waals surface area contributed by atoms with Crippen molar-refractivity contribution in [1.29, 1.82) is 0 Å². The van der Waals surface area contributed by atoms with Crippen LogP contribution in [0, 0.1) is 0 Å². The Bertz CT molecular complexity index is 448. The third kappa shape index (κ3) is 10.1. The maximum atomic E-state index is 12.0. The van der Waals surface area contributed by atoms with Crippen LogP contribution in [-0.4, -0.2) is 42.6 Å². The number of hydrogen-bond acceptors (Lipinski definition) is 6. The van der Waals surface area contributed by atoms with Gasteiger partial charge in [0, 0.05) is 6.92 Å². The van der Waals surface area contributed by atoms with Crippen molar-refractivity contribution in [3.8, 4) is 0 Å². The Kier molecular flexibility index (Phi) is 10.9. The molecule has 0 aromatic rings. The molecule has 1 fully saturated rings. The van der Waals surface area contributed by atoms with Gasteiger partial charge in [-0.15, -0.1) is 0 Å². The van der Waals surface area contributed by atoms with Gasteiger partial charge in [0.25, 0.3) is 0 Å². The topological polar surface area (TPSA) is 71.1 Å². The number of unbranched alkanes of at least 4 members (excludes halogenated alkanes) is 6. The van der Waals surface area contributed by atoms with E-state index in [1.807, 2.05) is 20.8 Å². The van der Waals surface area contributed by atoms with Crippen LogP contribution >= 0.6 is 0 Å². The van der Waals surface area contributed by atoms with Gasteiger partial charge in [-0.1, -0.05) is 38.5 Å². The third-order valence-electron chi connectivity index (χ3n) is 4.67. The highest BCUT2D eigenvalue weighted by Gasteiger charge is 2.45. The number of esters is 2. The molecular formula is C21H38O6. The molecule has 3 atom stereocenters. The first-order chi connectivity index (χ1) is 12.7. The summed E-state index contributed by atoms with van der Waals surface area (Å²) in [5.74, 6) is -1.26. The smallest absolute Gasteiger partial charge is 0.338 e. The molecule has 0 bridgehead atoms. The lowest BCUT2D eigenvalue weighted by Crippen LogP contribution is -2.33. The molecule has 0 radical (unpaired) electrons. The average Bonchev–Trinajstić information content (AvgIpc) is 2.87. The summed E-state index contributed by atoms with van der Waals surface area (Å²) in [6, 6.07) is 0. The predicted octanol–water partition coefficient (Wildman–Crippen LogP) is 4.53. The van der Waals surface area contributed by atoms with E-state index in [1.165, 1.54) is 32.6 Å². The first kappa shape index (κ1) is 23.9. The van der Waals surface area contributed by atoms with Crippen molar-refractivity contribution >= 4 is 11.9 Å². The maximum absolute atomic E-state index is 12.0. The molecule has 0 spiro atoms. The second kappa shape index (κ2) is 12.3. The van der Waals surface area contributed by atoms with Gasteiger partial charge >= 0.3 is 11.9 Å². The van der Waals surface area contributed by atoms with Crippen molar-refractivity contribution in [2.45, 2.75) is 117 Å². The van der Waals surface area contributed by atoms with E-state index in [9.17, 15) is 9.59 Å². The fourth-order valence-electron chi connectivity index (χ4n) is 3.47. The zero-order valence-corrected chi connectivity index (χ0v) is 17.8. The molecule has 0 aromatic carbocycles. The molecule has 1 aliphatic rings. The summed E-state index contributed by atoms with van der Waals surface area (Å²) in [4.78, 5) is 22.9. The SMILES string of the molecule is CCOC(=O)[C@@H]1OC(C)(C)O[C@H]1CCCCCCCCC[C@@H](C)OC(C)=O. The number of ether oxygens (including phenoxy) is 4. The molecular weight excluding hydrogens is 348 g/mol. The van der Waals surface area contributed by atoms with E-state index < -0.39 is 11.9 Å². The monoisotopic (exact) mass is 386 g/mol. The van der Waals surface area contributed by atoms with Crippen molar-refractivity contribution in [1.82, 2.24) is 0 Å². The number of carbonyl (C=O) groups is 2. The van der Waals surface area contributed by atoms with Crippen LogP contribution in [-0.2, 0) is 28.5 Å². The molecule has 0 amide bonds. The second-order valence-electron chi connectivity index (χ2n) is 7.82. The van der Waals surface area contributed by atoms with E-state index in [-0.39, 0.29) is 24.1 Å². The Balaban J connectivity index is 2.10. The summed E-state index contributed by atoms with van der Waals surface area (Å²) in [6.07, 6.45) is 8.93. The highest BCUT2D eigenvalue weighted by atomic mass is 16.8. The molecule has 6 heteroatoms. The highest BCUT2D eigenvalue weighted by molar-refractivity contribution is 5.75. The molecule has 0 N–H and O–H groups in total. The fraction of sp³-hybridized carbons (Fsp3) is 0.905. The van der Waals surface area contributed by atoms with Crippen molar-refractivity contribution in [3.05, 3.63) is 0 Å². The van der Waals surface area contributed by atoms with Crippen molar-refractivity contribution < 1.29 is 28.5 Å². The minimum atomic E-state index is -0.731. The maximum Gasteiger partial charge on any atom is 0.338 e. The molecule has 158 valence electrons. The summed E-state index contributed by atoms with van der Waals surface area (Å²) < 4.78 is 21.8. The van der Waals surface area contributed by atoms with Gasteiger partial charge in [0.2, 0.25) is 0 Å². The lowest BCUT2D eigenvalue weighted by atomic mass is 10.0. The Labute approximate surface area is 164 Å². The predicted molar refractivity (Wildman–Crippen MR) is 103 cm³/mol. The first-order valence-corrected chi connectivity index (χ1v) is 10.4. The largest absolute Gasteiger partial charge is 0.464 e. The van der Waals surface area contributed by atoms with E-state index in [1.54, 1.807) is 6.92 Å². The lowest BCUT2D eigenvalue weighted by Gasteiger charge is -2.16. The summed E-state index contributed by atoms with van der Waals surface area (Å²) >= 11 is 0. The molecule has 0 aliphatic carbocycles. The van der Waals surface area contributed by atoms with Crippen LogP contribution in [0.1, 0.15) is 92.4 Å². The number of carbonyl (C=O) groups excluding carboxylic acids is 2. The van der Waals surface area contributed by atoms with Crippen molar-refractivity contribution in [3.63, 3.8) is 0 Å². The molecule has 27 heavy (non-hydrogen) atoms. The van der Waals surface area contributed by atoms with Crippen LogP contribution in [0.5, 0.6) is 0 Å². The minimum Gasteiger partial charge on any atom is -0.464 e. The normalized spacial score (nSPS) is 22.4. The Hall–Kier alpha value is -1.14. The van der Waals surface area contributed by atoms with Gasteiger partial charge in [0.15, 0.2) is 11.9 Å². The quantitative estimate of drug-likeness (QED) is 0.342. The van der Waals surface area contributed by atoms with Crippen LogP contribution in [0.2, 0.25) is 0 Å². The average molecular weight is 387 g/mol. The summed E-state index contributed by atoms with van der Waals surface area (Å²) in [7, 11) is 0. The first-order valence-electron chi connectivity index (χ1n) is 10.4. The van der Waals surface area contributed by atoms with Gasteiger partial charge in [-0.2, -0.15) is 0 Å². The molecule has 0 aromatic heterocycles.